The fraction of sp³-hybridized carbons (Fsp3) is 0.0462. The number of benzene rings is 11. The lowest BCUT2D eigenvalue weighted by molar-refractivity contribution is 0.662. The molecule has 2 nitrogen and oxygen atoms in total. The summed E-state index contributed by atoms with van der Waals surface area (Å²) < 4.78 is 2.38. The van der Waals surface area contributed by atoms with Gasteiger partial charge in [-0.2, -0.15) is 0 Å². The summed E-state index contributed by atoms with van der Waals surface area (Å²) in [6, 6.07) is 89.3. The van der Waals surface area contributed by atoms with E-state index in [0.29, 0.717) is 0 Å². The maximum Gasteiger partial charge on any atom is 0.0541 e. The van der Waals surface area contributed by atoms with Crippen LogP contribution in [0, 0.1) is 0 Å². The molecule has 0 spiro atoms. The molecule has 0 atom stereocenters. The van der Waals surface area contributed by atoms with Gasteiger partial charge in [0.15, 0.2) is 0 Å². The van der Waals surface area contributed by atoms with Crippen LogP contribution in [0.4, 0.5) is 17.1 Å². The van der Waals surface area contributed by atoms with Crippen LogP contribution in [-0.4, -0.2) is 4.57 Å². The third-order valence-corrected chi connectivity index (χ3v) is 14.4. The first-order valence-electron chi connectivity index (χ1n) is 23.3. The van der Waals surface area contributed by atoms with Crippen molar-refractivity contribution in [1.82, 2.24) is 4.57 Å². The highest BCUT2D eigenvalue weighted by atomic mass is 15.1. The molecule has 0 N–H and O–H groups in total. The van der Waals surface area contributed by atoms with E-state index in [1.54, 1.807) is 0 Å². The SMILES string of the molecule is CC1(C)c2ccccc2-c2cccc(-c3cccc(N(c4ccc(-c5ccc6c(c5)c5ccccc5n6-c5ccccc5)cc4)c4ccc(-c5cccc6c5ccc5ccccc56)cc4)c3)c21. The van der Waals surface area contributed by atoms with E-state index in [9.17, 15) is 0 Å². The zero-order chi connectivity index (χ0) is 44.6. The maximum absolute atomic E-state index is 2.41. The molecule has 0 saturated heterocycles. The third-order valence-electron chi connectivity index (χ3n) is 14.4. The Hall–Kier alpha value is -8.46. The summed E-state index contributed by atoms with van der Waals surface area (Å²) in [7, 11) is 0. The summed E-state index contributed by atoms with van der Waals surface area (Å²) in [5.41, 5.74) is 19.5. The molecule has 0 bridgehead atoms. The molecule has 0 saturated carbocycles. The second-order valence-corrected chi connectivity index (χ2v) is 18.5. The fourth-order valence-corrected chi connectivity index (χ4v) is 11.2. The van der Waals surface area contributed by atoms with Crippen molar-refractivity contribution in [2.24, 2.45) is 0 Å². The molecule has 1 heterocycles. The Bertz CT molecular complexity index is 3870. The van der Waals surface area contributed by atoms with Gasteiger partial charge in [-0.3, -0.25) is 0 Å². The Morgan fingerprint density at radius 1 is 0.328 bits per heavy atom. The largest absolute Gasteiger partial charge is 0.310 e. The van der Waals surface area contributed by atoms with Crippen molar-refractivity contribution in [2.45, 2.75) is 19.3 Å². The molecule has 11 aromatic carbocycles. The van der Waals surface area contributed by atoms with Gasteiger partial charge in [0.05, 0.1) is 11.0 Å². The molecule has 316 valence electrons. The molecular formula is C65H46N2. The van der Waals surface area contributed by atoms with Crippen LogP contribution in [-0.2, 0) is 5.41 Å². The van der Waals surface area contributed by atoms with Gasteiger partial charge in [0.25, 0.3) is 0 Å². The summed E-state index contributed by atoms with van der Waals surface area (Å²) in [4.78, 5) is 2.41. The molecule has 1 aliphatic rings. The van der Waals surface area contributed by atoms with Crippen LogP contribution in [0.1, 0.15) is 25.0 Å². The van der Waals surface area contributed by atoms with E-state index < -0.39 is 0 Å². The van der Waals surface area contributed by atoms with Crippen molar-refractivity contribution >= 4 is 60.4 Å². The van der Waals surface area contributed by atoms with Crippen LogP contribution in [0.15, 0.2) is 243 Å². The molecule has 0 amide bonds. The molecule has 0 unspecified atom stereocenters. The van der Waals surface area contributed by atoms with Crippen LogP contribution in [0.25, 0.3) is 93.5 Å². The van der Waals surface area contributed by atoms with Gasteiger partial charge in [0, 0.05) is 38.9 Å². The van der Waals surface area contributed by atoms with Gasteiger partial charge < -0.3 is 9.47 Å². The number of para-hydroxylation sites is 2. The van der Waals surface area contributed by atoms with Gasteiger partial charge >= 0.3 is 0 Å². The monoisotopic (exact) mass is 854 g/mol. The van der Waals surface area contributed by atoms with Crippen molar-refractivity contribution < 1.29 is 0 Å². The number of nitrogens with zero attached hydrogens (tertiary/aromatic N) is 2. The lowest BCUT2D eigenvalue weighted by Gasteiger charge is -2.28. The average molecular weight is 855 g/mol. The minimum Gasteiger partial charge on any atom is -0.310 e. The quantitative estimate of drug-likeness (QED) is 0.145. The van der Waals surface area contributed by atoms with Gasteiger partial charge in [0.1, 0.15) is 0 Å². The molecule has 1 aromatic heterocycles. The number of anilines is 3. The molecule has 0 aliphatic heterocycles. The maximum atomic E-state index is 2.41. The Labute approximate surface area is 391 Å². The first kappa shape index (κ1) is 39.0. The Kier molecular flexibility index (Phi) is 8.91. The summed E-state index contributed by atoms with van der Waals surface area (Å²) in [6.07, 6.45) is 0. The van der Waals surface area contributed by atoms with Gasteiger partial charge in [0.2, 0.25) is 0 Å². The molecule has 13 rings (SSSR count). The van der Waals surface area contributed by atoms with Crippen LogP contribution in [0.5, 0.6) is 0 Å². The van der Waals surface area contributed by atoms with Gasteiger partial charge in [-0.1, -0.05) is 190 Å². The summed E-state index contributed by atoms with van der Waals surface area (Å²) in [5, 5.41) is 7.58. The smallest absolute Gasteiger partial charge is 0.0541 e. The number of hydrogen-bond donors (Lipinski definition) is 0. The predicted molar refractivity (Wildman–Crippen MR) is 284 cm³/mol. The van der Waals surface area contributed by atoms with Gasteiger partial charge in [-0.15, -0.1) is 0 Å². The van der Waals surface area contributed by atoms with Crippen LogP contribution in [0.3, 0.4) is 0 Å². The number of hydrogen-bond acceptors (Lipinski definition) is 1. The second-order valence-electron chi connectivity index (χ2n) is 18.5. The summed E-state index contributed by atoms with van der Waals surface area (Å²) in [5.74, 6) is 0. The normalized spacial score (nSPS) is 12.7. The van der Waals surface area contributed by atoms with Crippen molar-refractivity contribution in [3.8, 4) is 50.2 Å². The first-order valence-corrected chi connectivity index (χ1v) is 23.3. The zero-order valence-electron chi connectivity index (χ0n) is 37.5. The van der Waals surface area contributed by atoms with E-state index in [0.717, 1.165) is 17.1 Å². The molecule has 0 radical (unpaired) electrons. The zero-order valence-corrected chi connectivity index (χ0v) is 37.5. The van der Waals surface area contributed by atoms with Crippen LogP contribution < -0.4 is 4.90 Å². The van der Waals surface area contributed by atoms with E-state index in [-0.39, 0.29) is 5.41 Å². The van der Waals surface area contributed by atoms with Crippen molar-refractivity contribution in [2.75, 3.05) is 4.90 Å². The third kappa shape index (κ3) is 6.25. The minimum absolute atomic E-state index is 0.128. The van der Waals surface area contributed by atoms with Gasteiger partial charge in [-0.25, -0.2) is 0 Å². The molecule has 1 aliphatic carbocycles. The lowest BCUT2D eigenvalue weighted by atomic mass is 9.79. The molecule has 67 heavy (non-hydrogen) atoms. The van der Waals surface area contributed by atoms with Crippen molar-refractivity contribution in [3.63, 3.8) is 0 Å². The first-order chi connectivity index (χ1) is 33.0. The van der Waals surface area contributed by atoms with Crippen LogP contribution >= 0.6 is 0 Å². The highest BCUT2D eigenvalue weighted by Crippen LogP contribution is 2.52. The summed E-state index contributed by atoms with van der Waals surface area (Å²) in [6.45, 7) is 4.75. The Morgan fingerprint density at radius 3 is 1.78 bits per heavy atom. The van der Waals surface area contributed by atoms with E-state index in [4.69, 9.17) is 0 Å². The Morgan fingerprint density at radius 2 is 0.940 bits per heavy atom. The number of rotatable bonds is 7. The highest BCUT2D eigenvalue weighted by Gasteiger charge is 2.37. The molecule has 2 heteroatoms. The van der Waals surface area contributed by atoms with Crippen molar-refractivity contribution in [1.29, 1.82) is 0 Å². The fourth-order valence-electron chi connectivity index (χ4n) is 11.2. The Balaban J connectivity index is 0.924. The minimum atomic E-state index is -0.128. The van der Waals surface area contributed by atoms with E-state index in [1.807, 2.05) is 0 Å². The van der Waals surface area contributed by atoms with E-state index in [2.05, 4.69) is 266 Å². The second kappa shape index (κ2) is 15.3. The van der Waals surface area contributed by atoms with Crippen molar-refractivity contribution in [3.05, 3.63) is 254 Å². The molecule has 12 aromatic rings. The average Bonchev–Trinajstić information content (AvgIpc) is 3.85. The number of fused-ring (bicyclic) bond motifs is 9. The lowest BCUT2D eigenvalue weighted by Crippen LogP contribution is -2.16. The van der Waals surface area contributed by atoms with E-state index in [1.165, 1.54) is 105 Å². The topological polar surface area (TPSA) is 8.17 Å². The molecular weight excluding hydrogens is 809 g/mol. The predicted octanol–water partition coefficient (Wildman–Crippen LogP) is 17.9. The summed E-state index contributed by atoms with van der Waals surface area (Å²) >= 11 is 0. The number of aromatic nitrogens is 1. The van der Waals surface area contributed by atoms with E-state index >= 15 is 0 Å². The standard InChI is InChI=1S/C65H46N2/c1-65(2)61-27-10-8-21-57(61)59-26-14-24-54(64(59)65)47-16-12-19-51(41-47)66(50-37-31-45(32-38-50)53-23-13-25-55-52-20-7-6-15-44(52)33-39-56(53)55)49-35-29-43(30-36-49)46-34-40-63-60(42-46)58-22-9-11-28-62(58)67(63)48-17-4-3-5-18-48/h3-42H,1-2H3. The molecule has 0 fully saturated rings. The highest BCUT2D eigenvalue weighted by molar-refractivity contribution is 6.12. The van der Waals surface area contributed by atoms with Gasteiger partial charge in [-0.05, 0) is 144 Å². The van der Waals surface area contributed by atoms with Crippen LogP contribution in [0.2, 0.25) is 0 Å².